The van der Waals surface area contributed by atoms with Gasteiger partial charge < -0.3 is 14.9 Å². The van der Waals surface area contributed by atoms with E-state index in [9.17, 15) is 9.50 Å². The monoisotopic (exact) mass is 214 g/mol. The van der Waals surface area contributed by atoms with Crippen molar-refractivity contribution < 1.29 is 19.3 Å². The van der Waals surface area contributed by atoms with Gasteiger partial charge in [-0.1, -0.05) is 17.7 Å². The molecule has 1 aromatic carbocycles. The van der Waals surface area contributed by atoms with Crippen molar-refractivity contribution >= 4 is 0 Å². The van der Waals surface area contributed by atoms with Gasteiger partial charge in [0.25, 0.3) is 0 Å². The first-order valence-electron chi connectivity index (χ1n) is 4.75. The third-order valence-corrected chi connectivity index (χ3v) is 2.04. The van der Waals surface area contributed by atoms with Gasteiger partial charge in [0.1, 0.15) is 31.2 Å². The highest BCUT2D eigenvalue weighted by molar-refractivity contribution is 5.26. The van der Waals surface area contributed by atoms with Crippen LogP contribution in [0, 0.1) is 6.92 Å². The minimum absolute atomic E-state index is 0.117. The zero-order valence-electron chi connectivity index (χ0n) is 8.56. The maximum Gasteiger partial charge on any atom is 0.119 e. The second-order valence-electron chi connectivity index (χ2n) is 3.41. The first-order chi connectivity index (χ1) is 7.13. The van der Waals surface area contributed by atoms with Crippen molar-refractivity contribution in [3.05, 3.63) is 29.8 Å². The minimum Gasteiger partial charge on any atom is -0.491 e. The highest BCUT2D eigenvalue weighted by atomic mass is 19.1. The van der Waals surface area contributed by atoms with Crippen molar-refractivity contribution in [3.63, 3.8) is 0 Å². The van der Waals surface area contributed by atoms with Crippen molar-refractivity contribution in [2.45, 2.75) is 19.1 Å². The number of hydrogen-bond donors (Lipinski definition) is 2. The summed E-state index contributed by atoms with van der Waals surface area (Å²) < 4.78 is 17.1. The third kappa shape index (κ3) is 3.85. The van der Waals surface area contributed by atoms with Crippen LogP contribution in [-0.4, -0.2) is 35.7 Å². The lowest BCUT2D eigenvalue weighted by atomic mass is 10.2. The Bertz CT molecular complexity index is 286. The summed E-state index contributed by atoms with van der Waals surface area (Å²) in [4.78, 5) is 0. The number of benzene rings is 1. The Hall–Kier alpha value is -1.13. The lowest BCUT2D eigenvalue weighted by Crippen LogP contribution is -2.33. The normalized spacial score (nSPS) is 14.7. The van der Waals surface area contributed by atoms with Crippen LogP contribution in [0.2, 0.25) is 0 Å². The van der Waals surface area contributed by atoms with Gasteiger partial charge in [-0.3, -0.25) is 0 Å². The van der Waals surface area contributed by atoms with Crippen LogP contribution in [0.15, 0.2) is 24.3 Å². The Labute approximate surface area is 88.1 Å². The average molecular weight is 214 g/mol. The molecule has 2 N–H and O–H groups in total. The molecule has 0 spiro atoms. The van der Waals surface area contributed by atoms with Gasteiger partial charge in [-0.15, -0.1) is 0 Å². The Morgan fingerprint density at radius 2 is 1.80 bits per heavy atom. The minimum atomic E-state index is -1.38. The first-order valence-corrected chi connectivity index (χ1v) is 4.75. The summed E-state index contributed by atoms with van der Waals surface area (Å²) >= 11 is 0. The number of aryl methyl sites for hydroxylation is 1. The zero-order chi connectivity index (χ0) is 11.3. The second kappa shape index (κ2) is 5.68. The predicted octanol–water partition coefficient (Wildman–Crippen LogP) is 1.07. The molecule has 4 heteroatoms. The quantitative estimate of drug-likeness (QED) is 0.770. The van der Waals surface area contributed by atoms with E-state index in [2.05, 4.69) is 0 Å². The van der Waals surface area contributed by atoms with Gasteiger partial charge >= 0.3 is 0 Å². The molecule has 1 rings (SSSR count). The molecular weight excluding hydrogens is 199 g/mol. The number of hydrogen-bond acceptors (Lipinski definition) is 3. The maximum absolute atomic E-state index is 12.0. The number of halogens is 1. The molecular formula is C11H15FO3. The number of alkyl halides is 1. The van der Waals surface area contributed by atoms with E-state index >= 15 is 0 Å². The molecule has 0 radical (unpaired) electrons. The Kier molecular flexibility index (Phi) is 4.52. The van der Waals surface area contributed by atoms with E-state index in [4.69, 9.17) is 9.84 Å². The summed E-state index contributed by atoms with van der Waals surface area (Å²) in [6.07, 6.45) is -2.58. The molecule has 0 saturated heterocycles. The van der Waals surface area contributed by atoms with Crippen LogP contribution in [0.5, 0.6) is 5.75 Å². The molecule has 0 aliphatic heterocycles. The molecule has 0 aromatic heterocycles. The number of aliphatic hydroxyl groups excluding tert-OH is 2. The van der Waals surface area contributed by atoms with Gasteiger partial charge in [0.15, 0.2) is 0 Å². The molecule has 2 atom stereocenters. The van der Waals surface area contributed by atoms with Gasteiger partial charge in [0, 0.05) is 0 Å². The molecule has 0 amide bonds. The molecule has 1 aromatic rings. The summed E-state index contributed by atoms with van der Waals surface area (Å²) in [6, 6.07) is 7.24. The van der Waals surface area contributed by atoms with Gasteiger partial charge in [-0.05, 0) is 19.1 Å². The topological polar surface area (TPSA) is 49.7 Å². The molecule has 84 valence electrons. The van der Waals surface area contributed by atoms with Crippen LogP contribution in [0.1, 0.15) is 5.56 Å². The summed E-state index contributed by atoms with van der Waals surface area (Å²) in [5.41, 5.74) is 1.10. The van der Waals surface area contributed by atoms with Crippen molar-refractivity contribution in [2.24, 2.45) is 0 Å². The standard InChI is InChI=1S/C11H15FO3/c1-8-2-4-9(5-3-8)15-7-11(14)10(13)6-12/h2-5,10-11,13-14H,6-7H2,1H3. The van der Waals surface area contributed by atoms with Crippen LogP contribution in [0.4, 0.5) is 4.39 Å². The van der Waals surface area contributed by atoms with E-state index in [-0.39, 0.29) is 6.61 Å². The predicted molar refractivity (Wildman–Crippen MR) is 54.7 cm³/mol. The molecule has 0 bridgehead atoms. The summed E-state index contributed by atoms with van der Waals surface area (Å²) in [6.45, 7) is 0.859. The number of aliphatic hydroxyl groups is 2. The second-order valence-corrected chi connectivity index (χ2v) is 3.41. The van der Waals surface area contributed by atoms with Crippen molar-refractivity contribution in [3.8, 4) is 5.75 Å². The largest absolute Gasteiger partial charge is 0.491 e. The highest BCUT2D eigenvalue weighted by Crippen LogP contribution is 2.12. The molecule has 0 aliphatic carbocycles. The van der Waals surface area contributed by atoms with Crippen LogP contribution in [0.3, 0.4) is 0 Å². The molecule has 0 aliphatic rings. The molecule has 3 nitrogen and oxygen atoms in total. The SMILES string of the molecule is Cc1ccc(OCC(O)C(O)CF)cc1. The molecule has 0 saturated carbocycles. The van der Waals surface area contributed by atoms with Crippen LogP contribution in [-0.2, 0) is 0 Å². The number of ether oxygens (including phenoxy) is 1. The number of rotatable bonds is 5. The summed E-state index contributed by atoms with van der Waals surface area (Å²) in [5, 5.41) is 18.2. The van der Waals surface area contributed by atoms with E-state index in [1.807, 2.05) is 19.1 Å². The maximum atomic E-state index is 12.0. The molecule has 15 heavy (non-hydrogen) atoms. The van der Waals surface area contributed by atoms with E-state index in [0.717, 1.165) is 5.56 Å². The van der Waals surface area contributed by atoms with E-state index in [1.165, 1.54) is 0 Å². The fraction of sp³-hybridized carbons (Fsp3) is 0.455. The lowest BCUT2D eigenvalue weighted by molar-refractivity contribution is -0.0186. The summed E-state index contributed by atoms with van der Waals surface area (Å²) in [7, 11) is 0. The van der Waals surface area contributed by atoms with Crippen molar-refractivity contribution in [1.29, 1.82) is 0 Å². The van der Waals surface area contributed by atoms with Crippen LogP contribution < -0.4 is 4.74 Å². The third-order valence-electron chi connectivity index (χ3n) is 2.04. The molecule has 2 unspecified atom stereocenters. The van der Waals surface area contributed by atoms with E-state index in [1.54, 1.807) is 12.1 Å². The van der Waals surface area contributed by atoms with Crippen LogP contribution >= 0.6 is 0 Å². The lowest BCUT2D eigenvalue weighted by Gasteiger charge is -2.15. The van der Waals surface area contributed by atoms with Gasteiger partial charge in [0.05, 0.1) is 0 Å². The van der Waals surface area contributed by atoms with Gasteiger partial charge in [-0.25, -0.2) is 4.39 Å². The highest BCUT2D eigenvalue weighted by Gasteiger charge is 2.16. The summed E-state index contributed by atoms with van der Waals surface area (Å²) in [5.74, 6) is 0.589. The fourth-order valence-electron chi connectivity index (χ4n) is 1.03. The Morgan fingerprint density at radius 3 is 2.33 bits per heavy atom. The molecule has 0 fully saturated rings. The van der Waals surface area contributed by atoms with Crippen LogP contribution in [0.25, 0.3) is 0 Å². The van der Waals surface area contributed by atoms with Gasteiger partial charge in [-0.2, -0.15) is 0 Å². The van der Waals surface area contributed by atoms with Crippen molar-refractivity contribution in [2.75, 3.05) is 13.3 Å². The van der Waals surface area contributed by atoms with Gasteiger partial charge in [0.2, 0.25) is 0 Å². The smallest absolute Gasteiger partial charge is 0.119 e. The zero-order valence-corrected chi connectivity index (χ0v) is 8.56. The average Bonchev–Trinajstić information content (AvgIpc) is 2.26. The van der Waals surface area contributed by atoms with E-state index < -0.39 is 18.9 Å². The Balaban J connectivity index is 2.40. The fourth-order valence-corrected chi connectivity index (χ4v) is 1.03. The van der Waals surface area contributed by atoms with Crippen molar-refractivity contribution in [1.82, 2.24) is 0 Å². The van der Waals surface area contributed by atoms with E-state index in [0.29, 0.717) is 5.75 Å². The Morgan fingerprint density at radius 1 is 1.20 bits per heavy atom. The molecule has 0 heterocycles. The first kappa shape index (κ1) is 11.9.